The summed E-state index contributed by atoms with van der Waals surface area (Å²) in [6.45, 7) is 2.73. The Kier molecular flexibility index (Phi) is 12.6. The molecule has 14 nitrogen and oxygen atoms in total. The maximum absolute atomic E-state index is 12.8. The molecule has 4 atom stereocenters. The molecular formula is C40H39Cl2N4O10Si. The predicted octanol–water partition coefficient (Wildman–Crippen LogP) is 3.79. The Morgan fingerprint density at radius 1 is 0.772 bits per heavy atom. The van der Waals surface area contributed by atoms with Gasteiger partial charge < -0.3 is 50.3 Å². The normalized spacial score (nSPS) is 16.4. The fraction of sp³-hybridized carbons (Fsp3) is 0.300. The second-order valence-electron chi connectivity index (χ2n) is 13.8. The van der Waals surface area contributed by atoms with E-state index in [2.05, 4.69) is 20.9 Å². The van der Waals surface area contributed by atoms with Crippen molar-refractivity contribution < 1.29 is 49.1 Å². The minimum atomic E-state index is -1.72. The van der Waals surface area contributed by atoms with Crippen LogP contribution in [-0.2, 0) is 19.2 Å². The van der Waals surface area contributed by atoms with Gasteiger partial charge in [0.1, 0.15) is 23.6 Å². The van der Waals surface area contributed by atoms with E-state index in [1.54, 1.807) is 24.3 Å². The van der Waals surface area contributed by atoms with Crippen LogP contribution in [0.2, 0.25) is 10.0 Å². The van der Waals surface area contributed by atoms with Crippen molar-refractivity contribution in [2.45, 2.75) is 37.3 Å². The second kappa shape index (κ2) is 17.2. The molecule has 2 aliphatic rings. The van der Waals surface area contributed by atoms with E-state index in [0.717, 1.165) is 5.56 Å². The molecule has 0 aliphatic carbocycles. The highest BCUT2D eigenvalue weighted by atomic mass is 35.5. The van der Waals surface area contributed by atoms with Crippen LogP contribution in [0.25, 0.3) is 33.4 Å². The zero-order valence-corrected chi connectivity index (χ0v) is 33.3. The Hall–Kier alpha value is -5.00. The van der Waals surface area contributed by atoms with E-state index in [-0.39, 0.29) is 51.2 Å². The quantitative estimate of drug-likeness (QED) is 0.0950. The third kappa shape index (κ3) is 8.94. The molecule has 297 valence electrons. The first kappa shape index (κ1) is 41.6. The average molecular weight is 835 g/mol. The highest BCUT2D eigenvalue weighted by molar-refractivity contribution is 6.39. The number of hydrogen-bond acceptors (Lipinski definition) is 10. The van der Waals surface area contributed by atoms with E-state index in [0.29, 0.717) is 60.7 Å². The molecule has 4 aromatic rings. The minimum Gasteiger partial charge on any atom is -0.482 e. The third-order valence-corrected chi connectivity index (χ3v) is 10.8. The fourth-order valence-electron chi connectivity index (χ4n) is 6.80. The molecular weight excluding hydrogens is 795 g/mol. The first-order valence-corrected chi connectivity index (χ1v) is 19.1. The molecule has 2 amide bonds. The van der Waals surface area contributed by atoms with Gasteiger partial charge in [0, 0.05) is 48.4 Å². The molecule has 2 aliphatic heterocycles. The molecule has 57 heavy (non-hydrogen) atoms. The number of rotatable bonds is 15. The van der Waals surface area contributed by atoms with Gasteiger partial charge in [0.15, 0.2) is 13.2 Å². The highest BCUT2D eigenvalue weighted by Gasteiger charge is 2.34. The number of aliphatic hydroxyl groups excluding tert-OH is 1. The van der Waals surface area contributed by atoms with E-state index >= 15 is 0 Å². The molecule has 0 saturated carbocycles. The largest absolute Gasteiger partial charge is 0.482 e. The molecule has 17 heteroatoms. The summed E-state index contributed by atoms with van der Waals surface area (Å²) in [7, 11) is 3.03. The van der Waals surface area contributed by atoms with Crippen molar-refractivity contribution in [3.63, 3.8) is 0 Å². The number of nitrogens with zero attached hydrogens (tertiary/aromatic N) is 2. The molecule has 0 saturated heterocycles. The molecule has 0 spiro atoms. The van der Waals surface area contributed by atoms with Crippen LogP contribution in [0.3, 0.4) is 0 Å². The van der Waals surface area contributed by atoms with Gasteiger partial charge in [-0.2, -0.15) is 0 Å². The number of carbonyl (C=O) groups is 4. The van der Waals surface area contributed by atoms with Crippen molar-refractivity contribution in [2.24, 2.45) is 0 Å². The van der Waals surface area contributed by atoms with Gasteiger partial charge in [0.05, 0.1) is 43.0 Å². The monoisotopic (exact) mass is 833 g/mol. The smallest absolute Gasteiger partial charge is 0.323 e. The number of amides is 2. The lowest BCUT2D eigenvalue weighted by atomic mass is 9.95. The maximum Gasteiger partial charge on any atom is 0.323 e. The fourth-order valence-corrected chi connectivity index (χ4v) is 7.70. The summed E-state index contributed by atoms with van der Waals surface area (Å²) >= 11 is 14.2. The van der Waals surface area contributed by atoms with E-state index in [1.165, 1.54) is 23.6 Å². The van der Waals surface area contributed by atoms with E-state index in [9.17, 15) is 39.6 Å². The van der Waals surface area contributed by atoms with Crippen LogP contribution in [0.4, 0.5) is 11.4 Å². The van der Waals surface area contributed by atoms with Gasteiger partial charge in [0.2, 0.25) is 0 Å². The molecule has 3 radical (unpaired) electrons. The Bertz CT molecular complexity index is 2220. The second-order valence-corrected chi connectivity index (χ2v) is 15.5. The number of carboxylic acids is 2. The standard InChI is InChI=1S/C40H39Cl2N4O10Si/c1-21(47)36(38(50)51)43-13-15-45-28-11-9-22(17-30(28)55-19-32(45)48)24-5-3-7-26(34(24)41)27-8-4-6-25(35(27)42)23-10-12-29-31(18-23)56-20-33(49)46(29)16-14-44-37(39(52)53)40(2,54)57/h3-12,17-18,21,36-37,43-44,47,54H,13-16,19-20H2,1-2H3,(H,50,51)(H,52,53)/t21-,36+,37-,40-/m0/s1. The Morgan fingerprint density at radius 3 is 1.61 bits per heavy atom. The lowest BCUT2D eigenvalue weighted by molar-refractivity contribution is -0.144. The van der Waals surface area contributed by atoms with E-state index in [1.807, 2.05) is 48.5 Å². The van der Waals surface area contributed by atoms with Crippen LogP contribution in [-0.4, -0.2) is 117 Å². The van der Waals surface area contributed by atoms with Gasteiger partial charge in [-0.25, -0.2) is 0 Å². The van der Waals surface area contributed by atoms with Crippen molar-refractivity contribution >= 4 is 68.6 Å². The molecule has 0 aromatic heterocycles. The van der Waals surface area contributed by atoms with Crippen LogP contribution in [0.15, 0.2) is 72.8 Å². The first-order valence-electron chi connectivity index (χ1n) is 17.9. The highest BCUT2D eigenvalue weighted by Crippen LogP contribution is 2.45. The summed E-state index contributed by atoms with van der Waals surface area (Å²) in [5.74, 6) is -2.17. The topological polar surface area (TPSA) is 198 Å². The number of anilines is 2. The molecule has 0 fully saturated rings. The van der Waals surface area contributed by atoms with Crippen LogP contribution < -0.4 is 29.9 Å². The number of carboxylic acid groups (broad SMARTS) is 2. The zero-order chi connectivity index (χ0) is 41.2. The van der Waals surface area contributed by atoms with Crippen LogP contribution in [0.1, 0.15) is 13.8 Å². The first-order chi connectivity index (χ1) is 27.1. The lowest BCUT2D eigenvalue weighted by Crippen LogP contribution is -2.56. The van der Waals surface area contributed by atoms with Gasteiger partial charge in [-0.05, 0) is 49.2 Å². The van der Waals surface area contributed by atoms with Crippen molar-refractivity contribution in [1.82, 2.24) is 10.6 Å². The molecule has 0 unspecified atom stereocenters. The maximum atomic E-state index is 12.8. The number of nitrogens with one attached hydrogen (secondary N) is 2. The Morgan fingerprint density at radius 2 is 1.21 bits per heavy atom. The average Bonchev–Trinajstić information content (AvgIpc) is 3.15. The third-order valence-electron chi connectivity index (χ3n) is 9.66. The molecule has 6 N–H and O–H groups in total. The number of aliphatic carboxylic acids is 2. The number of ether oxygens (including phenoxy) is 2. The minimum absolute atomic E-state index is 0.0780. The summed E-state index contributed by atoms with van der Waals surface area (Å²) in [4.78, 5) is 51.7. The van der Waals surface area contributed by atoms with Gasteiger partial charge in [0.25, 0.3) is 11.8 Å². The predicted molar refractivity (Wildman–Crippen MR) is 215 cm³/mol. The number of fused-ring (bicyclic) bond motifs is 2. The summed E-state index contributed by atoms with van der Waals surface area (Å²) < 4.78 is 11.6. The summed E-state index contributed by atoms with van der Waals surface area (Å²) in [6.07, 6.45) is -1.13. The van der Waals surface area contributed by atoms with Crippen molar-refractivity contribution in [3.05, 3.63) is 82.8 Å². The van der Waals surface area contributed by atoms with E-state index < -0.39 is 35.4 Å². The summed E-state index contributed by atoms with van der Waals surface area (Å²) in [6, 6.07) is 19.3. The molecule has 2 heterocycles. The number of benzene rings is 4. The number of aliphatic hydroxyl groups is 2. The Balaban J connectivity index is 1.23. The number of halogens is 2. The van der Waals surface area contributed by atoms with Gasteiger partial charge in [-0.15, -0.1) is 0 Å². The number of hydrogen-bond donors (Lipinski definition) is 6. The summed E-state index contributed by atoms with van der Waals surface area (Å²) in [5.41, 5.74) is 5.13. The summed E-state index contributed by atoms with van der Waals surface area (Å²) in [5, 5.41) is 43.5. The number of carbonyl (C=O) groups excluding carboxylic acids is 2. The van der Waals surface area contributed by atoms with Gasteiger partial charge in [-0.1, -0.05) is 71.7 Å². The van der Waals surface area contributed by atoms with Crippen molar-refractivity contribution in [2.75, 3.05) is 49.2 Å². The molecule has 4 aromatic carbocycles. The van der Waals surface area contributed by atoms with E-state index in [4.69, 9.17) is 32.7 Å². The van der Waals surface area contributed by atoms with Crippen LogP contribution >= 0.6 is 23.2 Å². The molecule has 6 rings (SSSR count). The SMILES string of the molecule is C[C@H](O)[C@@H](NCCN1C(=O)COc2cc(-c3cccc(-c4cccc(-c5ccc6c(c5)OCC(=O)N6CCN[C@@H](C(=O)O)[C@@](C)(O)[Si])c4Cl)c3Cl)ccc21)C(=O)O. The zero-order valence-electron chi connectivity index (χ0n) is 30.8. The van der Waals surface area contributed by atoms with Crippen molar-refractivity contribution in [1.29, 1.82) is 0 Å². The van der Waals surface area contributed by atoms with Gasteiger partial charge in [-0.3, -0.25) is 19.2 Å². The Labute approximate surface area is 341 Å². The van der Waals surface area contributed by atoms with Crippen LogP contribution in [0.5, 0.6) is 11.5 Å². The van der Waals surface area contributed by atoms with Gasteiger partial charge >= 0.3 is 11.9 Å². The van der Waals surface area contributed by atoms with Crippen molar-refractivity contribution in [3.8, 4) is 44.9 Å². The lowest BCUT2D eigenvalue weighted by Gasteiger charge is -2.31. The molecule has 0 bridgehead atoms. The van der Waals surface area contributed by atoms with Crippen LogP contribution in [0, 0.1) is 0 Å².